The summed E-state index contributed by atoms with van der Waals surface area (Å²) in [5.74, 6) is -0.541. The van der Waals surface area contributed by atoms with Gasteiger partial charge in [0, 0.05) is 6.92 Å². The summed E-state index contributed by atoms with van der Waals surface area (Å²) in [4.78, 5) is 24.6. The van der Waals surface area contributed by atoms with E-state index >= 15 is 0 Å². The second-order valence-corrected chi connectivity index (χ2v) is 5.67. The first-order valence-corrected chi connectivity index (χ1v) is 8.00. The Bertz CT molecular complexity index is 594. The Kier molecular flexibility index (Phi) is 6.94. The lowest BCUT2D eigenvalue weighted by atomic mass is 10.2. The minimum Gasteiger partial charge on any atom is -0.464 e. The van der Waals surface area contributed by atoms with E-state index in [4.69, 9.17) is 14.2 Å². The quantitative estimate of drug-likeness (QED) is 0.558. The van der Waals surface area contributed by atoms with Gasteiger partial charge in [-0.15, -0.1) is 6.58 Å². The molecule has 0 aromatic heterocycles. The number of carbonyl (C=O) groups is 2. The molecule has 0 spiro atoms. The van der Waals surface area contributed by atoms with Crippen LogP contribution < -0.4 is 0 Å². The fourth-order valence-corrected chi connectivity index (χ4v) is 2.58. The summed E-state index contributed by atoms with van der Waals surface area (Å²) in [5, 5.41) is 0. The number of amides is 1. The minimum absolute atomic E-state index is 0.0224. The number of rotatable bonds is 7. The average molecular weight is 351 g/mol. The summed E-state index contributed by atoms with van der Waals surface area (Å²) < 4.78 is 30.1. The third-order valence-corrected chi connectivity index (χ3v) is 3.82. The Hall–Kier alpha value is -2.41. The number of halogens is 1. The highest BCUT2D eigenvalue weighted by Crippen LogP contribution is 2.25. The normalized spacial score (nSPS) is 22.5. The van der Waals surface area contributed by atoms with Gasteiger partial charge in [0.15, 0.2) is 6.17 Å². The molecule has 1 amide bonds. The number of alkyl halides is 1. The lowest BCUT2D eigenvalue weighted by Crippen LogP contribution is -2.42. The van der Waals surface area contributed by atoms with Crippen molar-refractivity contribution in [3.8, 4) is 0 Å². The molecule has 1 heterocycles. The van der Waals surface area contributed by atoms with Crippen LogP contribution in [0.5, 0.6) is 0 Å². The first kappa shape index (κ1) is 18.9. The van der Waals surface area contributed by atoms with Gasteiger partial charge in [-0.2, -0.15) is 0 Å². The van der Waals surface area contributed by atoms with E-state index in [1.54, 1.807) is 0 Å². The van der Waals surface area contributed by atoms with Crippen LogP contribution in [0.1, 0.15) is 12.5 Å². The lowest BCUT2D eigenvalue weighted by molar-refractivity contribution is -0.142. The Labute approximate surface area is 146 Å². The largest absolute Gasteiger partial charge is 0.464 e. The molecule has 0 radical (unpaired) electrons. The van der Waals surface area contributed by atoms with Crippen LogP contribution in [0.2, 0.25) is 0 Å². The number of nitrogens with zero attached hydrogens (tertiary/aromatic N) is 1. The lowest BCUT2D eigenvalue weighted by Gasteiger charge is -2.24. The zero-order valence-corrected chi connectivity index (χ0v) is 14.1. The van der Waals surface area contributed by atoms with E-state index in [1.165, 1.54) is 17.9 Å². The van der Waals surface area contributed by atoms with Crippen LogP contribution in [0.25, 0.3) is 0 Å². The van der Waals surface area contributed by atoms with Gasteiger partial charge in [-0.3, -0.25) is 9.69 Å². The Balaban J connectivity index is 2.00. The fraction of sp³-hybridized carbons (Fsp3) is 0.444. The molecule has 2 rings (SSSR count). The van der Waals surface area contributed by atoms with E-state index in [9.17, 15) is 14.0 Å². The second-order valence-electron chi connectivity index (χ2n) is 5.67. The number of carbonyl (C=O) groups excluding carboxylic acids is 2. The van der Waals surface area contributed by atoms with E-state index in [-0.39, 0.29) is 26.4 Å². The molecule has 1 saturated heterocycles. The van der Waals surface area contributed by atoms with Gasteiger partial charge >= 0.3 is 12.1 Å². The second kappa shape index (κ2) is 9.17. The number of ether oxygens (including phenoxy) is 3. The molecule has 1 aromatic rings. The molecule has 0 unspecified atom stereocenters. The van der Waals surface area contributed by atoms with Crippen molar-refractivity contribution < 1.29 is 28.2 Å². The summed E-state index contributed by atoms with van der Waals surface area (Å²) in [5.41, 5.74) is 0.822. The van der Waals surface area contributed by atoms with Crippen molar-refractivity contribution in [1.29, 1.82) is 0 Å². The summed E-state index contributed by atoms with van der Waals surface area (Å²) in [6.45, 7) is 4.77. The van der Waals surface area contributed by atoms with Crippen molar-refractivity contribution in [2.24, 2.45) is 0 Å². The fourth-order valence-electron chi connectivity index (χ4n) is 2.58. The molecule has 0 aliphatic carbocycles. The first-order chi connectivity index (χ1) is 12.0. The number of esters is 1. The molecule has 1 fully saturated rings. The third kappa shape index (κ3) is 5.29. The van der Waals surface area contributed by atoms with Crippen LogP contribution in [0.4, 0.5) is 9.18 Å². The van der Waals surface area contributed by atoms with E-state index in [2.05, 4.69) is 6.58 Å². The van der Waals surface area contributed by atoms with Crippen LogP contribution >= 0.6 is 0 Å². The van der Waals surface area contributed by atoms with Crippen LogP contribution in [0, 0.1) is 0 Å². The molecule has 0 saturated carbocycles. The van der Waals surface area contributed by atoms with Crippen molar-refractivity contribution in [3.63, 3.8) is 0 Å². The molecule has 3 atom stereocenters. The molecule has 0 N–H and O–H groups in total. The number of hydrogen-bond donors (Lipinski definition) is 0. The smallest absolute Gasteiger partial charge is 0.410 e. The maximum Gasteiger partial charge on any atom is 0.410 e. The maximum absolute atomic E-state index is 14.6. The predicted octanol–water partition coefficient (Wildman–Crippen LogP) is 2.48. The SMILES string of the molecule is C=CCO[C@@H]1CN(C(=O)OCc2ccccc2)[C@H](COC(C)=O)[C@H]1F. The minimum atomic E-state index is -1.48. The van der Waals surface area contributed by atoms with Gasteiger partial charge in [0.05, 0.1) is 13.2 Å². The highest BCUT2D eigenvalue weighted by atomic mass is 19.1. The first-order valence-electron chi connectivity index (χ1n) is 8.00. The maximum atomic E-state index is 14.6. The van der Waals surface area contributed by atoms with Gasteiger partial charge in [0.25, 0.3) is 0 Å². The van der Waals surface area contributed by atoms with Crippen LogP contribution in [-0.2, 0) is 25.6 Å². The molecule has 136 valence electrons. The highest BCUT2D eigenvalue weighted by Gasteiger charge is 2.46. The summed E-state index contributed by atoms with van der Waals surface area (Å²) >= 11 is 0. The molecular weight excluding hydrogens is 329 g/mol. The zero-order valence-electron chi connectivity index (χ0n) is 14.1. The van der Waals surface area contributed by atoms with Gasteiger partial charge in [-0.05, 0) is 5.56 Å². The monoisotopic (exact) mass is 351 g/mol. The summed E-state index contributed by atoms with van der Waals surface area (Å²) in [6.07, 6.45) is -1.47. The van der Waals surface area contributed by atoms with E-state index in [0.29, 0.717) is 0 Å². The molecule has 1 aromatic carbocycles. The molecule has 7 heteroatoms. The molecular formula is C18H22FNO5. The zero-order chi connectivity index (χ0) is 18.2. The van der Waals surface area contributed by atoms with Crippen molar-refractivity contribution in [3.05, 3.63) is 48.6 Å². The van der Waals surface area contributed by atoms with Gasteiger partial charge in [0.1, 0.15) is 25.4 Å². The number of likely N-dealkylation sites (tertiary alicyclic amines) is 1. The van der Waals surface area contributed by atoms with Crippen molar-refractivity contribution in [2.45, 2.75) is 31.8 Å². The van der Waals surface area contributed by atoms with E-state index < -0.39 is 30.4 Å². The van der Waals surface area contributed by atoms with Crippen LogP contribution in [-0.4, -0.2) is 55.0 Å². The molecule has 6 nitrogen and oxygen atoms in total. The molecule has 25 heavy (non-hydrogen) atoms. The van der Waals surface area contributed by atoms with Crippen molar-refractivity contribution >= 4 is 12.1 Å². The van der Waals surface area contributed by atoms with Gasteiger partial charge in [-0.25, -0.2) is 9.18 Å². The topological polar surface area (TPSA) is 65.1 Å². The predicted molar refractivity (Wildman–Crippen MR) is 88.6 cm³/mol. The van der Waals surface area contributed by atoms with Crippen molar-refractivity contribution in [1.82, 2.24) is 4.90 Å². The van der Waals surface area contributed by atoms with Crippen LogP contribution in [0.3, 0.4) is 0 Å². The number of benzene rings is 1. The van der Waals surface area contributed by atoms with Gasteiger partial charge in [-0.1, -0.05) is 36.4 Å². The highest BCUT2D eigenvalue weighted by molar-refractivity contribution is 5.69. The molecule has 1 aliphatic rings. The Morgan fingerprint density at radius 1 is 1.32 bits per heavy atom. The number of hydrogen-bond acceptors (Lipinski definition) is 5. The Morgan fingerprint density at radius 3 is 2.68 bits per heavy atom. The van der Waals surface area contributed by atoms with Crippen LogP contribution in [0.15, 0.2) is 43.0 Å². The summed E-state index contributed by atoms with van der Waals surface area (Å²) in [6, 6.07) is 8.22. The third-order valence-electron chi connectivity index (χ3n) is 3.82. The van der Waals surface area contributed by atoms with Crippen molar-refractivity contribution in [2.75, 3.05) is 19.8 Å². The Morgan fingerprint density at radius 2 is 2.04 bits per heavy atom. The van der Waals surface area contributed by atoms with E-state index in [1.807, 2.05) is 30.3 Å². The molecule has 0 bridgehead atoms. The molecule has 1 aliphatic heterocycles. The average Bonchev–Trinajstić information content (AvgIpc) is 2.93. The van der Waals surface area contributed by atoms with E-state index in [0.717, 1.165) is 5.56 Å². The standard InChI is InChI=1S/C18H22FNO5/c1-3-9-23-16-10-20(15(17(16)19)12-24-13(2)21)18(22)25-11-14-7-5-4-6-8-14/h3-8,15-17H,1,9-12H2,2H3/t15-,16-,17-/m1/s1. The van der Waals surface area contributed by atoms with Gasteiger partial charge in [0.2, 0.25) is 0 Å². The summed E-state index contributed by atoms with van der Waals surface area (Å²) in [7, 11) is 0. The van der Waals surface area contributed by atoms with Gasteiger partial charge < -0.3 is 14.2 Å².